The van der Waals surface area contributed by atoms with Crippen LogP contribution in [0.3, 0.4) is 0 Å². The van der Waals surface area contributed by atoms with E-state index >= 15 is 0 Å². The molecule has 4 nitrogen and oxygen atoms in total. The number of ether oxygens (including phenoxy) is 1. The highest BCUT2D eigenvalue weighted by Gasteiger charge is 2.18. The van der Waals surface area contributed by atoms with Gasteiger partial charge < -0.3 is 9.15 Å². The van der Waals surface area contributed by atoms with Crippen molar-refractivity contribution in [2.75, 3.05) is 6.61 Å². The first kappa shape index (κ1) is 13.6. The van der Waals surface area contributed by atoms with Gasteiger partial charge in [0.2, 0.25) is 0 Å². The van der Waals surface area contributed by atoms with Gasteiger partial charge >= 0.3 is 0 Å². The summed E-state index contributed by atoms with van der Waals surface area (Å²) in [4.78, 5) is 0. The fourth-order valence-corrected chi connectivity index (χ4v) is 2.25. The molecule has 3 N–H and O–H groups in total. The Morgan fingerprint density at radius 3 is 2.68 bits per heavy atom. The Morgan fingerprint density at radius 2 is 2.11 bits per heavy atom. The van der Waals surface area contributed by atoms with Crippen LogP contribution in [0.15, 0.2) is 34.7 Å². The third-order valence-corrected chi connectivity index (χ3v) is 3.06. The van der Waals surface area contributed by atoms with Crippen LogP contribution in [0.5, 0.6) is 5.75 Å². The first-order chi connectivity index (χ1) is 9.15. The van der Waals surface area contributed by atoms with Crippen molar-refractivity contribution in [2.24, 2.45) is 5.84 Å². The summed E-state index contributed by atoms with van der Waals surface area (Å²) >= 11 is 0. The molecule has 1 atom stereocenters. The van der Waals surface area contributed by atoms with Crippen molar-refractivity contribution >= 4 is 0 Å². The monoisotopic (exact) mass is 260 g/mol. The number of hydrogen-bond acceptors (Lipinski definition) is 4. The molecule has 1 aromatic heterocycles. The zero-order valence-electron chi connectivity index (χ0n) is 11.6. The molecule has 19 heavy (non-hydrogen) atoms. The molecular weight excluding hydrogens is 240 g/mol. The summed E-state index contributed by atoms with van der Waals surface area (Å²) in [6.07, 6.45) is 0. The second-order valence-corrected chi connectivity index (χ2v) is 4.47. The Hall–Kier alpha value is -1.78. The van der Waals surface area contributed by atoms with Crippen molar-refractivity contribution in [3.8, 4) is 5.75 Å². The molecule has 2 rings (SSSR count). The van der Waals surface area contributed by atoms with Crippen LogP contribution in [0, 0.1) is 13.8 Å². The van der Waals surface area contributed by atoms with Gasteiger partial charge in [-0.05, 0) is 44.5 Å². The minimum absolute atomic E-state index is 0.0992. The van der Waals surface area contributed by atoms with E-state index in [1.807, 2.05) is 51.1 Å². The van der Waals surface area contributed by atoms with E-state index < -0.39 is 0 Å². The number of hydrazine groups is 1. The second-order valence-electron chi connectivity index (χ2n) is 4.47. The van der Waals surface area contributed by atoms with Crippen LogP contribution in [0.4, 0.5) is 0 Å². The molecule has 0 saturated heterocycles. The molecule has 0 aliphatic rings. The lowest BCUT2D eigenvalue weighted by Crippen LogP contribution is -2.29. The number of hydrogen-bond donors (Lipinski definition) is 2. The molecule has 0 radical (unpaired) electrons. The minimum atomic E-state index is -0.0992. The summed E-state index contributed by atoms with van der Waals surface area (Å²) < 4.78 is 11.1. The largest absolute Gasteiger partial charge is 0.494 e. The third-order valence-electron chi connectivity index (χ3n) is 3.06. The maximum absolute atomic E-state index is 5.71. The lowest BCUT2D eigenvalue weighted by Gasteiger charge is -2.16. The molecular formula is C15H20N2O2. The van der Waals surface area contributed by atoms with Gasteiger partial charge in [-0.3, -0.25) is 5.84 Å². The molecule has 0 bridgehead atoms. The van der Waals surface area contributed by atoms with E-state index in [1.165, 1.54) is 0 Å². The molecule has 102 valence electrons. The molecule has 2 aromatic rings. The van der Waals surface area contributed by atoms with E-state index in [-0.39, 0.29) is 6.04 Å². The highest BCUT2D eigenvalue weighted by molar-refractivity contribution is 5.38. The number of rotatable bonds is 5. The van der Waals surface area contributed by atoms with Gasteiger partial charge in [-0.15, -0.1) is 0 Å². The van der Waals surface area contributed by atoms with Crippen molar-refractivity contribution in [3.63, 3.8) is 0 Å². The molecule has 4 heteroatoms. The molecule has 0 aliphatic carbocycles. The van der Waals surface area contributed by atoms with Gasteiger partial charge in [0.25, 0.3) is 0 Å². The molecule has 0 amide bonds. The highest BCUT2D eigenvalue weighted by atomic mass is 16.5. The summed E-state index contributed by atoms with van der Waals surface area (Å²) in [6, 6.07) is 9.83. The summed E-state index contributed by atoms with van der Waals surface area (Å²) in [6.45, 7) is 6.49. The van der Waals surface area contributed by atoms with Crippen molar-refractivity contribution < 1.29 is 9.15 Å². The molecule has 0 saturated carbocycles. The SMILES string of the molecule is CCOc1cccc(C(NN)c2cc(C)oc2C)c1. The molecule has 0 spiro atoms. The van der Waals surface area contributed by atoms with Gasteiger partial charge in [0.05, 0.1) is 12.6 Å². The van der Waals surface area contributed by atoms with E-state index in [4.69, 9.17) is 15.0 Å². The van der Waals surface area contributed by atoms with Crippen LogP contribution >= 0.6 is 0 Å². The summed E-state index contributed by atoms with van der Waals surface area (Å²) in [7, 11) is 0. The van der Waals surface area contributed by atoms with E-state index in [0.717, 1.165) is 28.4 Å². The Morgan fingerprint density at radius 1 is 1.32 bits per heavy atom. The predicted molar refractivity (Wildman–Crippen MR) is 75.0 cm³/mol. The van der Waals surface area contributed by atoms with Crippen molar-refractivity contribution in [1.82, 2.24) is 5.43 Å². The van der Waals surface area contributed by atoms with Gasteiger partial charge in [0.15, 0.2) is 0 Å². The van der Waals surface area contributed by atoms with Crippen LogP contribution < -0.4 is 16.0 Å². The molecule has 0 fully saturated rings. The number of aryl methyl sites for hydroxylation is 2. The topological polar surface area (TPSA) is 60.4 Å². The minimum Gasteiger partial charge on any atom is -0.494 e. The van der Waals surface area contributed by atoms with Crippen molar-refractivity contribution in [3.05, 3.63) is 53.0 Å². The van der Waals surface area contributed by atoms with Crippen LogP contribution in [0.1, 0.15) is 35.6 Å². The van der Waals surface area contributed by atoms with Gasteiger partial charge in [0.1, 0.15) is 17.3 Å². The van der Waals surface area contributed by atoms with Crippen LogP contribution in [-0.4, -0.2) is 6.61 Å². The van der Waals surface area contributed by atoms with E-state index in [0.29, 0.717) is 6.61 Å². The van der Waals surface area contributed by atoms with E-state index in [1.54, 1.807) is 0 Å². The summed E-state index contributed by atoms with van der Waals surface area (Å²) in [5.74, 6) is 8.31. The number of furan rings is 1. The van der Waals surface area contributed by atoms with Gasteiger partial charge in [-0.25, -0.2) is 5.43 Å². The Balaban J connectivity index is 2.36. The summed E-state index contributed by atoms with van der Waals surface area (Å²) in [5, 5.41) is 0. The van der Waals surface area contributed by atoms with E-state index in [9.17, 15) is 0 Å². The number of nitrogens with two attached hydrogens (primary N) is 1. The predicted octanol–water partition coefficient (Wildman–Crippen LogP) is 2.85. The zero-order valence-corrected chi connectivity index (χ0v) is 11.6. The van der Waals surface area contributed by atoms with Gasteiger partial charge in [-0.1, -0.05) is 12.1 Å². The van der Waals surface area contributed by atoms with Crippen molar-refractivity contribution in [2.45, 2.75) is 26.8 Å². The molecule has 1 heterocycles. The Kier molecular flexibility index (Phi) is 4.24. The maximum atomic E-state index is 5.71. The average Bonchev–Trinajstić information content (AvgIpc) is 2.71. The first-order valence-electron chi connectivity index (χ1n) is 6.41. The smallest absolute Gasteiger partial charge is 0.119 e. The van der Waals surface area contributed by atoms with Crippen molar-refractivity contribution in [1.29, 1.82) is 0 Å². The van der Waals surface area contributed by atoms with Crippen LogP contribution in [0.2, 0.25) is 0 Å². The Labute approximate surface area is 113 Å². The average molecular weight is 260 g/mol. The maximum Gasteiger partial charge on any atom is 0.119 e. The lowest BCUT2D eigenvalue weighted by molar-refractivity contribution is 0.339. The number of nitrogens with one attached hydrogen (secondary N) is 1. The van der Waals surface area contributed by atoms with E-state index in [2.05, 4.69) is 5.43 Å². The highest BCUT2D eigenvalue weighted by Crippen LogP contribution is 2.28. The Bertz CT molecular complexity index is 549. The normalized spacial score (nSPS) is 12.4. The van der Waals surface area contributed by atoms with Gasteiger partial charge in [-0.2, -0.15) is 0 Å². The molecule has 1 unspecified atom stereocenters. The van der Waals surface area contributed by atoms with Gasteiger partial charge in [0, 0.05) is 5.56 Å². The third kappa shape index (κ3) is 2.97. The summed E-state index contributed by atoms with van der Waals surface area (Å²) in [5.41, 5.74) is 4.95. The first-order valence-corrected chi connectivity index (χ1v) is 6.41. The quantitative estimate of drug-likeness (QED) is 0.641. The fourth-order valence-electron chi connectivity index (χ4n) is 2.25. The number of benzene rings is 1. The second kappa shape index (κ2) is 5.91. The molecule has 0 aliphatic heterocycles. The molecule has 1 aromatic carbocycles. The zero-order chi connectivity index (χ0) is 13.8. The standard InChI is InChI=1S/C15H20N2O2/c1-4-18-13-7-5-6-12(9-13)15(17-16)14-8-10(2)19-11(14)3/h5-9,15,17H,4,16H2,1-3H3. The fraction of sp³-hybridized carbons (Fsp3) is 0.333. The van der Waals surface area contributed by atoms with Crippen LogP contribution in [-0.2, 0) is 0 Å². The lowest BCUT2D eigenvalue weighted by atomic mass is 9.99. The van der Waals surface area contributed by atoms with Crippen LogP contribution in [0.25, 0.3) is 0 Å².